The van der Waals surface area contributed by atoms with Crippen LogP contribution < -0.4 is 5.32 Å². The van der Waals surface area contributed by atoms with Crippen LogP contribution >= 0.6 is 0 Å². The smallest absolute Gasteiger partial charge is 0.00966 e. The largest absolute Gasteiger partial charge is 0.312 e. The Morgan fingerprint density at radius 1 is 1.26 bits per heavy atom. The molecule has 0 aliphatic heterocycles. The molecule has 1 fully saturated rings. The maximum absolute atomic E-state index is 3.71. The average Bonchev–Trinajstić information content (AvgIpc) is 2.22. The molecule has 0 radical (unpaired) electrons. The van der Waals surface area contributed by atoms with Crippen LogP contribution in [0.25, 0.3) is 0 Å². The Morgan fingerprint density at radius 3 is 2.53 bits per heavy atom. The van der Waals surface area contributed by atoms with Crippen LogP contribution in [-0.4, -0.2) is 12.1 Å². The number of rotatable bonds is 5. The molecule has 2 rings (SSSR count). The molecule has 0 aromatic heterocycles. The highest BCUT2D eigenvalue weighted by molar-refractivity contribution is 5.22. The van der Waals surface area contributed by atoms with E-state index in [1.807, 2.05) is 0 Å². The molecule has 0 bridgehead atoms. The van der Waals surface area contributed by atoms with Gasteiger partial charge in [-0.15, -0.1) is 0 Å². The summed E-state index contributed by atoms with van der Waals surface area (Å²) in [6.07, 6.45) is 5.53. The van der Waals surface area contributed by atoms with Gasteiger partial charge in [0.05, 0.1) is 0 Å². The molecule has 106 valence electrons. The zero-order chi connectivity index (χ0) is 13.9. The lowest BCUT2D eigenvalue weighted by Crippen LogP contribution is -2.42. The molecule has 1 unspecified atom stereocenters. The first kappa shape index (κ1) is 14.6. The summed E-state index contributed by atoms with van der Waals surface area (Å²) in [5, 5.41) is 3.71. The van der Waals surface area contributed by atoms with E-state index in [1.165, 1.54) is 36.8 Å². The van der Waals surface area contributed by atoms with Crippen molar-refractivity contribution in [2.24, 2.45) is 11.8 Å². The zero-order valence-electron chi connectivity index (χ0n) is 13.0. The van der Waals surface area contributed by atoms with Crippen molar-refractivity contribution in [2.45, 2.75) is 58.9 Å². The fourth-order valence-corrected chi connectivity index (χ4v) is 2.90. The standard InChI is InChI=1S/C18H29N/c1-14-7-5-8-15(11-14)12-17(16-9-6-10-16)13-19-18(2,3)4/h5,7-8,11,16-17,19H,6,9-10,12-13H2,1-4H3. The van der Waals surface area contributed by atoms with Gasteiger partial charge in [-0.3, -0.25) is 0 Å². The SMILES string of the molecule is Cc1cccc(CC(CNC(C)(C)C)C2CCC2)c1. The fraction of sp³-hybridized carbons (Fsp3) is 0.667. The molecule has 1 aliphatic rings. The van der Waals surface area contributed by atoms with Crippen molar-refractivity contribution < 1.29 is 0 Å². The minimum Gasteiger partial charge on any atom is -0.312 e. The van der Waals surface area contributed by atoms with E-state index in [9.17, 15) is 0 Å². The topological polar surface area (TPSA) is 12.0 Å². The summed E-state index contributed by atoms with van der Waals surface area (Å²) in [6, 6.07) is 9.02. The average molecular weight is 259 g/mol. The maximum atomic E-state index is 3.71. The van der Waals surface area contributed by atoms with Crippen LogP contribution in [0.1, 0.15) is 51.2 Å². The molecule has 0 amide bonds. The van der Waals surface area contributed by atoms with Crippen molar-refractivity contribution in [2.75, 3.05) is 6.54 Å². The number of benzene rings is 1. The van der Waals surface area contributed by atoms with Crippen molar-refractivity contribution >= 4 is 0 Å². The third-order valence-electron chi connectivity index (χ3n) is 4.29. The Labute approximate surface area is 118 Å². The van der Waals surface area contributed by atoms with E-state index in [1.54, 1.807) is 0 Å². The summed E-state index contributed by atoms with van der Waals surface area (Å²) < 4.78 is 0. The number of aryl methyl sites for hydroxylation is 1. The first-order chi connectivity index (χ1) is 8.94. The lowest BCUT2D eigenvalue weighted by molar-refractivity contribution is 0.189. The van der Waals surface area contributed by atoms with Gasteiger partial charge in [-0.2, -0.15) is 0 Å². The van der Waals surface area contributed by atoms with Gasteiger partial charge in [-0.05, 0) is 58.1 Å². The first-order valence-electron chi connectivity index (χ1n) is 7.74. The summed E-state index contributed by atoms with van der Waals surface area (Å²) in [4.78, 5) is 0. The van der Waals surface area contributed by atoms with Gasteiger partial charge >= 0.3 is 0 Å². The number of hydrogen-bond donors (Lipinski definition) is 1. The molecular weight excluding hydrogens is 230 g/mol. The van der Waals surface area contributed by atoms with Crippen LogP contribution in [0.5, 0.6) is 0 Å². The van der Waals surface area contributed by atoms with Crippen molar-refractivity contribution in [1.82, 2.24) is 5.32 Å². The van der Waals surface area contributed by atoms with Crippen LogP contribution in [0.4, 0.5) is 0 Å². The zero-order valence-corrected chi connectivity index (χ0v) is 13.0. The first-order valence-corrected chi connectivity index (χ1v) is 7.74. The second kappa shape index (κ2) is 6.09. The molecule has 1 heteroatoms. The molecule has 0 heterocycles. The summed E-state index contributed by atoms with van der Waals surface area (Å²) in [6.45, 7) is 10.1. The summed E-state index contributed by atoms with van der Waals surface area (Å²) in [7, 11) is 0. The summed E-state index contributed by atoms with van der Waals surface area (Å²) in [5.74, 6) is 1.74. The van der Waals surface area contributed by atoms with E-state index >= 15 is 0 Å². The van der Waals surface area contributed by atoms with Gasteiger partial charge in [0, 0.05) is 5.54 Å². The van der Waals surface area contributed by atoms with Crippen LogP contribution in [-0.2, 0) is 6.42 Å². The van der Waals surface area contributed by atoms with E-state index in [-0.39, 0.29) is 5.54 Å². The maximum Gasteiger partial charge on any atom is 0.00966 e. The lowest BCUT2D eigenvalue weighted by Gasteiger charge is -2.36. The molecule has 1 aromatic rings. The van der Waals surface area contributed by atoms with Crippen LogP contribution in [0.15, 0.2) is 24.3 Å². The molecule has 1 saturated carbocycles. The second-order valence-electron chi connectivity index (χ2n) is 7.28. The van der Waals surface area contributed by atoms with Gasteiger partial charge in [0.2, 0.25) is 0 Å². The van der Waals surface area contributed by atoms with Crippen molar-refractivity contribution in [3.05, 3.63) is 35.4 Å². The highest BCUT2D eigenvalue weighted by Crippen LogP contribution is 2.35. The molecule has 1 aliphatic carbocycles. The number of hydrogen-bond acceptors (Lipinski definition) is 1. The predicted octanol–water partition coefficient (Wildman–Crippen LogP) is 4.34. The van der Waals surface area contributed by atoms with Crippen LogP contribution in [0, 0.1) is 18.8 Å². The molecule has 1 aromatic carbocycles. The highest BCUT2D eigenvalue weighted by Gasteiger charge is 2.28. The molecule has 1 N–H and O–H groups in total. The molecule has 1 nitrogen and oxygen atoms in total. The third-order valence-corrected chi connectivity index (χ3v) is 4.29. The Balaban J connectivity index is 1.97. The van der Waals surface area contributed by atoms with Gasteiger partial charge in [0.15, 0.2) is 0 Å². The highest BCUT2D eigenvalue weighted by atomic mass is 14.9. The summed E-state index contributed by atoms with van der Waals surface area (Å²) >= 11 is 0. The molecule has 0 saturated heterocycles. The van der Waals surface area contributed by atoms with E-state index in [2.05, 4.69) is 57.3 Å². The van der Waals surface area contributed by atoms with Gasteiger partial charge in [0.25, 0.3) is 0 Å². The molecular formula is C18H29N. The normalized spacial score (nSPS) is 18.1. The fourth-order valence-electron chi connectivity index (χ4n) is 2.90. The van der Waals surface area contributed by atoms with Gasteiger partial charge < -0.3 is 5.32 Å². The summed E-state index contributed by atoms with van der Waals surface area (Å²) in [5.41, 5.74) is 3.12. The Hall–Kier alpha value is -0.820. The second-order valence-corrected chi connectivity index (χ2v) is 7.28. The van der Waals surface area contributed by atoms with Gasteiger partial charge in [0.1, 0.15) is 0 Å². The van der Waals surface area contributed by atoms with Gasteiger partial charge in [-0.1, -0.05) is 49.1 Å². The molecule has 0 spiro atoms. The Bertz CT molecular complexity index is 398. The van der Waals surface area contributed by atoms with Gasteiger partial charge in [-0.25, -0.2) is 0 Å². The molecule has 19 heavy (non-hydrogen) atoms. The third kappa shape index (κ3) is 4.65. The predicted molar refractivity (Wildman–Crippen MR) is 83.5 cm³/mol. The van der Waals surface area contributed by atoms with E-state index < -0.39 is 0 Å². The lowest BCUT2D eigenvalue weighted by atomic mass is 9.73. The Kier molecular flexibility index (Phi) is 4.67. The molecule has 1 atom stereocenters. The van der Waals surface area contributed by atoms with Crippen molar-refractivity contribution in [3.8, 4) is 0 Å². The van der Waals surface area contributed by atoms with E-state index in [4.69, 9.17) is 0 Å². The van der Waals surface area contributed by atoms with E-state index in [0.29, 0.717) is 0 Å². The minimum absolute atomic E-state index is 0.231. The minimum atomic E-state index is 0.231. The van der Waals surface area contributed by atoms with Crippen molar-refractivity contribution in [1.29, 1.82) is 0 Å². The Morgan fingerprint density at radius 2 is 2.00 bits per heavy atom. The van der Waals surface area contributed by atoms with Crippen LogP contribution in [0.2, 0.25) is 0 Å². The monoisotopic (exact) mass is 259 g/mol. The number of nitrogens with one attached hydrogen (secondary N) is 1. The van der Waals surface area contributed by atoms with E-state index in [0.717, 1.165) is 18.4 Å². The quantitative estimate of drug-likeness (QED) is 0.829. The van der Waals surface area contributed by atoms with Crippen LogP contribution in [0.3, 0.4) is 0 Å². The van der Waals surface area contributed by atoms with Crippen molar-refractivity contribution in [3.63, 3.8) is 0 Å².